The molecule has 0 spiro atoms. The van der Waals surface area contributed by atoms with Gasteiger partial charge in [-0.05, 0) is 17.7 Å². The van der Waals surface area contributed by atoms with Gasteiger partial charge in [0.2, 0.25) is 0 Å². The molecule has 0 fully saturated rings. The van der Waals surface area contributed by atoms with Gasteiger partial charge in [0, 0.05) is 12.0 Å². The summed E-state index contributed by atoms with van der Waals surface area (Å²) in [5.41, 5.74) is 2.07. The topological polar surface area (TPSA) is 54.5 Å². The first-order valence-corrected chi connectivity index (χ1v) is 8.77. The van der Waals surface area contributed by atoms with Gasteiger partial charge in [-0.15, -0.1) is 0 Å². The maximum atomic E-state index is 13.2. The van der Waals surface area contributed by atoms with E-state index in [2.05, 4.69) is 0 Å². The molecular weight excluding hydrogens is 338 g/mol. The van der Waals surface area contributed by atoms with E-state index in [9.17, 15) is 14.4 Å². The second kappa shape index (κ2) is 7.00. The highest BCUT2D eigenvalue weighted by Gasteiger charge is 2.42. The Kier molecular flexibility index (Phi) is 4.38. The number of fused-ring (bicyclic) bond motifs is 1. The normalized spacial score (nSPS) is 14.1. The van der Waals surface area contributed by atoms with Crippen molar-refractivity contribution in [2.75, 3.05) is 0 Å². The Labute approximate surface area is 157 Å². The number of ketones is 1. The van der Waals surface area contributed by atoms with E-state index >= 15 is 0 Å². The second-order valence-corrected chi connectivity index (χ2v) is 6.46. The number of rotatable bonds is 5. The largest absolute Gasteiger partial charge is 0.292 e. The van der Waals surface area contributed by atoms with Gasteiger partial charge in [-0.1, -0.05) is 72.8 Å². The van der Waals surface area contributed by atoms with Crippen molar-refractivity contribution >= 4 is 17.6 Å². The molecule has 1 aliphatic rings. The Morgan fingerprint density at radius 3 is 1.74 bits per heavy atom. The minimum Gasteiger partial charge on any atom is -0.292 e. The first-order chi connectivity index (χ1) is 13.2. The van der Waals surface area contributed by atoms with Crippen molar-refractivity contribution in [3.8, 4) is 0 Å². The number of hydrogen-bond acceptors (Lipinski definition) is 3. The molecule has 132 valence electrons. The highest BCUT2D eigenvalue weighted by Crippen LogP contribution is 2.27. The Morgan fingerprint density at radius 2 is 1.19 bits per heavy atom. The lowest BCUT2D eigenvalue weighted by atomic mass is 9.96. The molecule has 1 aliphatic heterocycles. The third-order valence-electron chi connectivity index (χ3n) is 4.77. The van der Waals surface area contributed by atoms with Crippen molar-refractivity contribution in [2.45, 2.75) is 12.5 Å². The fraction of sp³-hybridized carbons (Fsp3) is 0.0870. The van der Waals surface area contributed by atoms with E-state index in [1.807, 2.05) is 36.4 Å². The third kappa shape index (κ3) is 3.06. The van der Waals surface area contributed by atoms with Crippen LogP contribution in [-0.2, 0) is 6.42 Å². The molecule has 27 heavy (non-hydrogen) atoms. The summed E-state index contributed by atoms with van der Waals surface area (Å²) in [6, 6.07) is 24.0. The Balaban J connectivity index is 1.76. The van der Waals surface area contributed by atoms with Crippen LogP contribution in [0.2, 0.25) is 0 Å². The molecular formula is C23H17NO3. The lowest BCUT2D eigenvalue weighted by Gasteiger charge is -2.25. The summed E-state index contributed by atoms with van der Waals surface area (Å²) in [6.45, 7) is 0. The quantitative estimate of drug-likeness (QED) is 0.517. The average molecular weight is 355 g/mol. The number of Topliss-reactive ketones (excluding diaryl/α,β-unsaturated/α-hetero) is 1. The maximum Gasteiger partial charge on any atom is 0.262 e. The molecule has 1 atom stereocenters. The molecule has 3 aromatic rings. The Bertz CT molecular complexity index is 977. The molecule has 0 aromatic heterocycles. The van der Waals surface area contributed by atoms with Gasteiger partial charge in [-0.3, -0.25) is 19.3 Å². The minimum atomic E-state index is -0.887. The lowest BCUT2D eigenvalue weighted by Crippen LogP contribution is -2.46. The summed E-state index contributed by atoms with van der Waals surface area (Å²) < 4.78 is 0. The van der Waals surface area contributed by atoms with Crippen LogP contribution < -0.4 is 0 Å². The van der Waals surface area contributed by atoms with Crippen molar-refractivity contribution < 1.29 is 14.4 Å². The van der Waals surface area contributed by atoms with E-state index in [4.69, 9.17) is 0 Å². The van der Waals surface area contributed by atoms with Crippen LogP contribution >= 0.6 is 0 Å². The zero-order chi connectivity index (χ0) is 18.8. The summed E-state index contributed by atoms with van der Waals surface area (Å²) in [6.07, 6.45) is 0.278. The fourth-order valence-electron chi connectivity index (χ4n) is 3.42. The SMILES string of the molecule is O=C(c1ccccc1)[C@H](Cc1ccccc1)N1C(=O)c2ccccc2C1=O. The molecule has 3 aromatic carbocycles. The highest BCUT2D eigenvalue weighted by molar-refractivity contribution is 6.23. The maximum absolute atomic E-state index is 13.2. The van der Waals surface area contributed by atoms with E-state index in [-0.39, 0.29) is 12.2 Å². The van der Waals surface area contributed by atoms with Gasteiger partial charge >= 0.3 is 0 Å². The van der Waals surface area contributed by atoms with E-state index in [0.717, 1.165) is 10.5 Å². The summed E-state index contributed by atoms with van der Waals surface area (Å²) in [4.78, 5) is 40.2. The van der Waals surface area contributed by atoms with Gasteiger partial charge in [-0.25, -0.2) is 0 Å². The molecule has 2 amide bonds. The smallest absolute Gasteiger partial charge is 0.262 e. The molecule has 4 nitrogen and oxygen atoms in total. The predicted molar refractivity (Wildman–Crippen MR) is 102 cm³/mol. The molecule has 0 N–H and O–H groups in total. The molecule has 0 radical (unpaired) electrons. The van der Waals surface area contributed by atoms with Gasteiger partial charge in [0.1, 0.15) is 6.04 Å². The van der Waals surface area contributed by atoms with Crippen LogP contribution in [0, 0.1) is 0 Å². The van der Waals surface area contributed by atoms with E-state index in [1.165, 1.54) is 0 Å². The summed E-state index contributed by atoms with van der Waals surface area (Å²) >= 11 is 0. The van der Waals surface area contributed by atoms with Gasteiger partial charge in [-0.2, -0.15) is 0 Å². The van der Waals surface area contributed by atoms with Crippen molar-refractivity contribution in [3.05, 3.63) is 107 Å². The number of carbonyl (C=O) groups excluding carboxylic acids is 3. The first-order valence-electron chi connectivity index (χ1n) is 8.77. The molecule has 4 heteroatoms. The van der Waals surface area contributed by atoms with Crippen LogP contribution in [0.15, 0.2) is 84.9 Å². The monoisotopic (exact) mass is 355 g/mol. The number of carbonyl (C=O) groups is 3. The summed E-state index contributed by atoms with van der Waals surface area (Å²) in [5, 5.41) is 0. The van der Waals surface area contributed by atoms with Crippen molar-refractivity contribution in [1.82, 2.24) is 4.90 Å². The molecule has 0 bridgehead atoms. The molecule has 0 saturated heterocycles. The fourth-order valence-corrected chi connectivity index (χ4v) is 3.42. The number of amides is 2. The molecule has 0 saturated carbocycles. The number of nitrogens with zero attached hydrogens (tertiary/aromatic N) is 1. The van der Waals surface area contributed by atoms with Crippen LogP contribution in [0.3, 0.4) is 0 Å². The van der Waals surface area contributed by atoms with E-state index in [0.29, 0.717) is 16.7 Å². The van der Waals surface area contributed by atoms with Crippen molar-refractivity contribution in [1.29, 1.82) is 0 Å². The van der Waals surface area contributed by atoms with Crippen molar-refractivity contribution in [2.24, 2.45) is 0 Å². The summed E-state index contributed by atoms with van der Waals surface area (Å²) in [7, 11) is 0. The number of benzene rings is 3. The molecule has 0 aliphatic carbocycles. The molecule has 4 rings (SSSR count). The van der Waals surface area contributed by atoms with Crippen LogP contribution in [0.1, 0.15) is 36.6 Å². The molecule has 0 unspecified atom stereocenters. The van der Waals surface area contributed by atoms with Crippen LogP contribution in [0.25, 0.3) is 0 Å². The lowest BCUT2D eigenvalue weighted by molar-refractivity contribution is 0.0540. The summed E-state index contributed by atoms with van der Waals surface area (Å²) in [5.74, 6) is -1.07. The third-order valence-corrected chi connectivity index (χ3v) is 4.77. The zero-order valence-corrected chi connectivity index (χ0v) is 14.5. The number of hydrogen-bond donors (Lipinski definition) is 0. The van der Waals surface area contributed by atoms with E-state index < -0.39 is 17.9 Å². The zero-order valence-electron chi connectivity index (χ0n) is 14.5. The standard InChI is InChI=1S/C23H17NO3/c25-21(17-11-5-2-6-12-17)20(15-16-9-3-1-4-10-16)24-22(26)18-13-7-8-14-19(18)23(24)27/h1-14,20H,15H2/t20-/m0/s1. The van der Waals surface area contributed by atoms with Crippen molar-refractivity contribution in [3.63, 3.8) is 0 Å². The highest BCUT2D eigenvalue weighted by atomic mass is 16.2. The minimum absolute atomic E-state index is 0.242. The van der Waals surface area contributed by atoms with Gasteiger partial charge in [0.15, 0.2) is 5.78 Å². The first kappa shape index (κ1) is 16.9. The van der Waals surface area contributed by atoms with E-state index in [1.54, 1.807) is 48.5 Å². The average Bonchev–Trinajstić information content (AvgIpc) is 2.98. The number of imide groups is 1. The van der Waals surface area contributed by atoms with Crippen LogP contribution in [0.5, 0.6) is 0 Å². The van der Waals surface area contributed by atoms with Gasteiger partial charge < -0.3 is 0 Å². The Hall–Kier alpha value is -3.53. The van der Waals surface area contributed by atoms with Gasteiger partial charge in [0.25, 0.3) is 11.8 Å². The molecule has 1 heterocycles. The predicted octanol–water partition coefficient (Wildman–Crippen LogP) is 3.78. The van der Waals surface area contributed by atoms with Crippen LogP contribution in [0.4, 0.5) is 0 Å². The second-order valence-electron chi connectivity index (χ2n) is 6.46. The van der Waals surface area contributed by atoms with Gasteiger partial charge in [0.05, 0.1) is 11.1 Å². The van der Waals surface area contributed by atoms with Crippen LogP contribution in [-0.4, -0.2) is 28.5 Å². The Morgan fingerprint density at radius 1 is 0.704 bits per heavy atom.